The van der Waals surface area contributed by atoms with Gasteiger partial charge in [0.05, 0.1) is 5.92 Å². The predicted molar refractivity (Wildman–Crippen MR) is 83.2 cm³/mol. The van der Waals surface area contributed by atoms with Crippen molar-refractivity contribution in [1.82, 2.24) is 4.90 Å². The highest BCUT2D eigenvalue weighted by Gasteiger charge is 2.35. The average molecular weight is 326 g/mol. The van der Waals surface area contributed by atoms with Gasteiger partial charge in [-0.2, -0.15) is 0 Å². The fraction of sp³-hybridized carbons (Fsp3) is 0.500. The van der Waals surface area contributed by atoms with Crippen molar-refractivity contribution in [3.8, 4) is 5.75 Å². The summed E-state index contributed by atoms with van der Waals surface area (Å²) >= 11 is 5.94. The summed E-state index contributed by atoms with van der Waals surface area (Å²) in [6, 6.07) is 4.90. The van der Waals surface area contributed by atoms with Gasteiger partial charge in [0.1, 0.15) is 5.75 Å². The second-order valence-electron chi connectivity index (χ2n) is 5.61. The number of carboxylic acids is 1. The minimum absolute atomic E-state index is 0.0995. The van der Waals surface area contributed by atoms with Gasteiger partial charge in [-0.15, -0.1) is 0 Å². The number of amides is 1. The first-order valence-electron chi connectivity index (χ1n) is 7.31. The lowest BCUT2D eigenvalue weighted by atomic mass is 9.90. The Labute approximate surface area is 134 Å². The normalized spacial score (nSPS) is 21.5. The number of carbonyl (C=O) groups excluding carboxylic acids is 1. The highest BCUT2D eigenvalue weighted by Crippen LogP contribution is 2.25. The molecule has 1 amide bonds. The van der Waals surface area contributed by atoms with Crippen molar-refractivity contribution in [3.63, 3.8) is 0 Å². The minimum Gasteiger partial charge on any atom is -0.484 e. The van der Waals surface area contributed by atoms with Crippen LogP contribution in [-0.2, 0) is 9.59 Å². The first-order chi connectivity index (χ1) is 10.4. The third kappa shape index (κ3) is 3.71. The van der Waals surface area contributed by atoms with Crippen LogP contribution in [-0.4, -0.2) is 41.1 Å². The summed E-state index contributed by atoms with van der Waals surface area (Å²) in [6.07, 6.45) is 1.31. The molecule has 0 aliphatic carbocycles. The number of hydrogen-bond acceptors (Lipinski definition) is 3. The SMILES string of the molecule is Cc1cc(OCC(=O)N2CCC[C@@H](C(=O)O)[C@H]2C)ccc1Cl. The van der Waals surface area contributed by atoms with Crippen molar-refractivity contribution in [3.05, 3.63) is 28.8 Å². The molecule has 22 heavy (non-hydrogen) atoms. The first-order valence-corrected chi connectivity index (χ1v) is 7.69. The highest BCUT2D eigenvalue weighted by atomic mass is 35.5. The van der Waals surface area contributed by atoms with Crippen LogP contribution < -0.4 is 4.74 Å². The van der Waals surface area contributed by atoms with E-state index in [2.05, 4.69) is 0 Å². The van der Waals surface area contributed by atoms with E-state index in [-0.39, 0.29) is 18.6 Å². The number of aryl methyl sites for hydroxylation is 1. The van der Waals surface area contributed by atoms with Crippen molar-refractivity contribution in [2.75, 3.05) is 13.2 Å². The van der Waals surface area contributed by atoms with Crippen LogP contribution >= 0.6 is 11.6 Å². The fourth-order valence-electron chi connectivity index (χ4n) is 2.76. The van der Waals surface area contributed by atoms with E-state index >= 15 is 0 Å². The number of rotatable bonds is 4. The number of likely N-dealkylation sites (tertiary alicyclic amines) is 1. The van der Waals surface area contributed by atoms with Gasteiger partial charge in [-0.05, 0) is 50.5 Å². The van der Waals surface area contributed by atoms with Gasteiger partial charge in [0.25, 0.3) is 5.91 Å². The molecule has 0 saturated carbocycles. The average Bonchev–Trinajstić information content (AvgIpc) is 2.48. The number of aliphatic carboxylic acids is 1. The largest absolute Gasteiger partial charge is 0.484 e. The molecule has 0 aromatic heterocycles. The molecule has 1 saturated heterocycles. The standard InChI is InChI=1S/C16H20ClNO4/c1-10-8-12(5-6-14(10)17)22-9-15(19)18-7-3-4-13(11(18)2)16(20)21/h5-6,8,11,13H,3-4,7,9H2,1-2H3,(H,20,21)/t11-,13-/m1/s1. The zero-order valence-corrected chi connectivity index (χ0v) is 13.5. The molecule has 1 N–H and O–H groups in total. The topological polar surface area (TPSA) is 66.8 Å². The zero-order chi connectivity index (χ0) is 16.3. The van der Waals surface area contributed by atoms with Crippen LogP contribution in [0.5, 0.6) is 5.75 Å². The highest BCUT2D eigenvalue weighted by molar-refractivity contribution is 6.31. The molecule has 0 radical (unpaired) electrons. The maximum Gasteiger partial charge on any atom is 0.308 e. The number of carbonyl (C=O) groups is 2. The van der Waals surface area contributed by atoms with Gasteiger partial charge in [0.15, 0.2) is 6.61 Å². The minimum atomic E-state index is -0.848. The second kappa shape index (κ2) is 7.01. The summed E-state index contributed by atoms with van der Waals surface area (Å²) in [5.41, 5.74) is 0.879. The van der Waals surface area contributed by atoms with E-state index in [0.29, 0.717) is 30.2 Å². The summed E-state index contributed by atoms with van der Waals surface area (Å²) in [7, 11) is 0. The number of nitrogens with zero attached hydrogens (tertiary/aromatic N) is 1. The molecule has 1 aromatic rings. The van der Waals surface area contributed by atoms with E-state index in [1.165, 1.54) is 0 Å². The van der Waals surface area contributed by atoms with Crippen LogP contribution in [0.1, 0.15) is 25.3 Å². The maximum absolute atomic E-state index is 12.3. The summed E-state index contributed by atoms with van der Waals surface area (Å²) in [5.74, 6) is -0.963. The molecule has 0 spiro atoms. The van der Waals surface area contributed by atoms with E-state index in [1.54, 1.807) is 30.0 Å². The van der Waals surface area contributed by atoms with Crippen LogP contribution in [0, 0.1) is 12.8 Å². The molecular formula is C16H20ClNO4. The molecule has 1 heterocycles. The summed E-state index contributed by atoms with van der Waals surface area (Å²) in [5, 5.41) is 9.84. The Bertz CT molecular complexity index is 575. The van der Waals surface area contributed by atoms with Crippen LogP contribution in [0.25, 0.3) is 0 Å². The molecule has 1 aromatic carbocycles. The third-order valence-electron chi connectivity index (χ3n) is 4.12. The molecule has 1 aliphatic rings. The van der Waals surface area contributed by atoms with E-state index in [1.807, 2.05) is 6.92 Å². The molecule has 1 aliphatic heterocycles. The van der Waals surface area contributed by atoms with Crippen LogP contribution in [0.2, 0.25) is 5.02 Å². The van der Waals surface area contributed by atoms with Gasteiger partial charge < -0.3 is 14.7 Å². The molecule has 0 unspecified atom stereocenters. The van der Waals surface area contributed by atoms with Gasteiger partial charge in [-0.25, -0.2) is 0 Å². The maximum atomic E-state index is 12.3. The lowest BCUT2D eigenvalue weighted by Gasteiger charge is -2.37. The van der Waals surface area contributed by atoms with E-state index < -0.39 is 11.9 Å². The smallest absolute Gasteiger partial charge is 0.308 e. The molecular weight excluding hydrogens is 306 g/mol. The third-order valence-corrected chi connectivity index (χ3v) is 4.54. The van der Waals surface area contributed by atoms with E-state index in [0.717, 1.165) is 5.56 Å². The zero-order valence-electron chi connectivity index (χ0n) is 12.7. The van der Waals surface area contributed by atoms with Crippen molar-refractivity contribution < 1.29 is 19.4 Å². The van der Waals surface area contributed by atoms with E-state index in [4.69, 9.17) is 16.3 Å². The van der Waals surface area contributed by atoms with Crippen molar-refractivity contribution in [2.24, 2.45) is 5.92 Å². The van der Waals surface area contributed by atoms with Gasteiger partial charge in [0, 0.05) is 17.6 Å². The van der Waals surface area contributed by atoms with Gasteiger partial charge in [0.2, 0.25) is 0 Å². The molecule has 2 rings (SSSR count). The number of halogens is 1. The number of piperidine rings is 1. The lowest BCUT2D eigenvalue weighted by molar-refractivity contribution is -0.149. The number of benzene rings is 1. The fourth-order valence-corrected chi connectivity index (χ4v) is 2.88. The number of carboxylic acid groups (broad SMARTS) is 1. The summed E-state index contributed by atoms with van der Waals surface area (Å²) < 4.78 is 5.50. The Morgan fingerprint density at radius 2 is 2.18 bits per heavy atom. The quantitative estimate of drug-likeness (QED) is 0.924. The Morgan fingerprint density at radius 1 is 1.45 bits per heavy atom. The first kappa shape index (κ1) is 16.6. The molecule has 2 atom stereocenters. The summed E-state index contributed by atoms with van der Waals surface area (Å²) in [4.78, 5) is 25.1. The van der Waals surface area contributed by atoms with E-state index in [9.17, 15) is 14.7 Å². The number of ether oxygens (including phenoxy) is 1. The van der Waals surface area contributed by atoms with Crippen LogP contribution in [0.4, 0.5) is 0 Å². The lowest BCUT2D eigenvalue weighted by Crippen LogP contribution is -2.50. The summed E-state index contributed by atoms with van der Waals surface area (Å²) in [6.45, 7) is 4.12. The second-order valence-corrected chi connectivity index (χ2v) is 6.02. The predicted octanol–water partition coefficient (Wildman–Crippen LogP) is 2.74. The molecule has 1 fully saturated rings. The van der Waals surface area contributed by atoms with Crippen molar-refractivity contribution in [1.29, 1.82) is 0 Å². The Hall–Kier alpha value is -1.75. The number of hydrogen-bond donors (Lipinski definition) is 1. The Morgan fingerprint density at radius 3 is 2.82 bits per heavy atom. The monoisotopic (exact) mass is 325 g/mol. The van der Waals surface area contributed by atoms with Gasteiger partial charge in [-0.1, -0.05) is 11.6 Å². The van der Waals surface area contributed by atoms with Crippen LogP contribution in [0.15, 0.2) is 18.2 Å². The molecule has 6 heteroatoms. The Kier molecular flexibility index (Phi) is 5.29. The van der Waals surface area contributed by atoms with Crippen LogP contribution in [0.3, 0.4) is 0 Å². The van der Waals surface area contributed by atoms with Crippen molar-refractivity contribution in [2.45, 2.75) is 32.7 Å². The molecule has 5 nitrogen and oxygen atoms in total. The molecule has 0 bridgehead atoms. The molecule has 120 valence electrons. The van der Waals surface area contributed by atoms with Crippen molar-refractivity contribution >= 4 is 23.5 Å². The Balaban J connectivity index is 1.96. The van der Waals surface area contributed by atoms with Gasteiger partial charge in [-0.3, -0.25) is 9.59 Å². The van der Waals surface area contributed by atoms with Gasteiger partial charge >= 0.3 is 5.97 Å².